The molecule has 0 amide bonds. The first-order valence-electron chi connectivity index (χ1n) is 5.60. The molecule has 0 fully saturated rings. The summed E-state index contributed by atoms with van der Waals surface area (Å²) >= 11 is 0. The monoisotopic (exact) mass is 246 g/mol. The van der Waals surface area contributed by atoms with Crippen molar-refractivity contribution in [3.05, 3.63) is 12.2 Å². The van der Waals surface area contributed by atoms with Gasteiger partial charge in [-0.05, 0) is 27.7 Å². The third kappa shape index (κ3) is 6.76. The Morgan fingerprint density at radius 2 is 1.81 bits per heavy atom. The maximum absolute atomic E-state index is 11.3. The van der Waals surface area contributed by atoms with Gasteiger partial charge in [0.2, 0.25) is 0 Å². The second kappa shape index (κ2) is 8.49. The molecule has 0 aliphatic heterocycles. The van der Waals surface area contributed by atoms with Crippen LogP contribution in [-0.2, 0) is 18.4 Å². The van der Waals surface area contributed by atoms with Gasteiger partial charge in [0.15, 0.2) is 0 Å². The topological polar surface area (TPSA) is 44.8 Å². The number of hydrogen-bond donors (Lipinski definition) is 0. The van der Waals surface area contributed by atoms with Crippen LogP contribution in [0.15, 0.2) is 12.2 Å². The lowest BCUT2D eigenvalue weighted by molar-refractivity contribution is -0.142. The lowest BCUT2D eigenvalue weighted by Gasteiger charge is -2.19. The lowest BCUT2D eigenvalue weighted by atomic mass is 10.3. The van der Waals surface area contributed by atoms with E-state index in [0.29, 0.717) is 24.8 Å². The highest BCUT2D eigenvalue weighted by atomic mass is 28.3. The first kappa shape index (κ1) is 15.3. The highest BCUT2D eigenvalue weighted by Crippen LogP contribution is 2.08. The number of hydrogen-bond acceptors (Lipinski definition) is 4. The molecule has 1 atom stereocenters. The summed E-state index contributed by atoms with van der Waals surface area (Å²) in [6, 6.07) is 0.667. The molecular weight excluding hydrogens is 224 g/mol. The molecule has 0 aliphatic carbocycles. The minimum Gasteiger partial charge on any atom is -0.459 e. The van der Waals surface area contributed by atoms with E-state index in [-0.39, 0.29) is 12.1 Å². The van der Waals surface area contributed by atoms with Crippen molar-refractivity contribution in [2.75, 3.05) is 13.2 Å². The second-order valence-corrected chi connectivity index (χ2v) is 5.57. The number of carbonyl (C=O) groups excluding carboxylic acids is 1. The Bertz CT molecular complexity index is 224. The number of ether oxygens (including phenoxy) is 1. The van der Waals surface area contributed by atoms with Gasteiger partial charge in [0.05, 0.1) is 0 Å². The van der Waals surface area contributed by atoms with Gasteiger partial charge in [0.1, 0.15) is 6.10 Å². The standard InChI is InChI=1S/C11H22O4Si/c1-6-13-16(14-7-2)8-10(5)15-11(12)9(3)4/h10,16H,3,6-8H2,1-2,4-5H3. The second-order valence-electron chi connectivity index (χ2n) is 3.57. The Balaban J connectivity index is 4.02. The van der Waals surface area contributed by atoms with Gasteiger partial charge in [-0.2, -0.15) is 0 Å². The average molecular weight is 246 g/mol. The number of carbonyl (C=O) groups is 1. The van der Waals surface area contributed by atoms with Gasteiger partial charge in [-0.3, -0.25) is 0 Å². The van der Waals surface area contributed by atoms with Crippen molar-refractivity contribution in [1.29, 1.82) is 0 Å². The van der Waals surface area contributed by atoms with Crippen molar-refractivity contribution in [1.82, 2.24) is 0 Å². The zero-order chi connectivity index (χ0) is 12.6. The molecule has 94 valence electrons. The molecule has 0 rings (SSSR count). The highest BCUT2D eigenvalue weighted by molar-refractivity contribution is 6.44. The summed E-state index contributed by atoms with van der Waals surface area (Å²) in [6.07, 6.45) is -0.182. The minimum atomic E-state index is -1.69. The minimum absolute atomic E-state index is 0.182. The average Bonchev–Trinajstić information content (AvgIpc) is 2.17. The summed E-state index contributed by atoms with van der Waals surface area (Å²) in [5, 5.41) is 0. The molecule has 0 saturated heterocycles. The Kier molecular flexibility index (Phi) is 8.15. The van der Waals surface area contributed by atoms with Crippen LogP contribution in [0.4, 0.5) is 0 Å². The normalized spacial score (nSPS) is 12.6. The molecule has 16 heavy (non-hydrogen) atoms. The Labute approximate surface area is 99.4 Å². The van der Waals surface area contributed by atoms with Crippen molar-refractivity contribution < 1.29 is 18.4 Å². The molecule has 0 saturated carbocycles. The van der Waals surface area contributed by atoms with E-state index in [4.69, 9.17) is 13.6 Å². The molecule has 0 spiro atoms. The van der Waals surface area contributed by atoms with Crippen LogP contribution in [0.3, 0.4) is 0 Å². The number of esters is 1. The molecule has 0 N–H and O–H groups in total. The predicted octanol–water partition coefficient (Wildman–Crippen LogP) is 1.79. The molecule has 1 unspecified atom stereocenters. The van der Waals surface area contributed by atoms with Crippen LogP contribution in [0, 0.1) is 0 Å². The van der Waals surface area contributed by atoms with E-state index in [0.717, 1.165) is 0 Å². The molecule has 5 heteroatoms. The van der Waals surface area contributed by atoms with Gasteiger partial charge in [-0.1, -0.05) is 6.58 Å². The maximum atomic E-state index is 11.3. The third-order valence-corrected chi connectivity index (χ3v) is 4.35. The van der Waals surface area contributed by atoms with E-state index in [1.807, 2.05) is 20.8 Å². The lowest BCUT2D eigenvalue weighted by Crippen LogP contribution is -2.29. The van der Waals surface area contributed by atoms with Gasteiger partial charge in [-0.15, -0.1) is 0 Å². The Morgan fingerprint density at radius 1 is 1.31 bits per heavy atom. The zero-order valence-corrected chi connectivity index (χ0v) is 11.8. The van der Waals surface area contributed by atoms with Crippen LogP contribution in [-0.4, -0.2) is 34.6 Å². The van der Waals surface area contributed by atoms with Crippen LogP contribution in [0.2, 0.25) is 6.04 Å². The molecule has 0 aromatic rings. The summed E-state index contributed by atoms with van der Waals surface area (Å²) in [5.74, 6) is -0.353. The van der Waals surface area contributed by atoms with Crippen molar-refractivity contribution in [2.45, 2.75) is 39.8 Å². The van der Waals surface area contributed by atoms with Crippen molar-refractivity contribution in [2.24, 2.45) is 0 Å². The van der Waals surface area contributed by atoms with Crippen LogP contribution < -0.4 is 0 Å². The van der Waals surface area contributed by atoms with Gasteiger partial charge >= 0.3 is 15.3 Å². The van der Waals surface area contributed by atoms with E-state index in [2.05, 4.69) is 6.58 Å². The van der Waals surface area contributed by atoms with E-state index >= 15 is 0 Å². The van der Waals surface area contributed by atoms with Crippen LogP contribution in [0.25, 0.3) is 0 Å². The third-order valence-electron chi connectivity index (χ3n) is 1.89. The Hall–Kier alpha value is -0.653. The van der Waals surface area contributed by atoms with E-state index in [9.17, 15) is 4.79 Å². The van der Waals surface area contributed by atoms with Gasteiger partial charge in [-0.25, -0.2) is 4.79 Å². The maximum Gasteiger partial charge on any atom is 0.333 e. The molecule has 0 radical (unpaired) electrons. The van der Waals surface area contributed by atoms with Crippen LogP contribution >= 0.6 is 0 Å². The van der Waals surface area contributed by atoms with Crippen molar-refractivity contribution in [3.63, 3.8) is 0 Å². The smallest absolute Gasteiger partial charge is 0.333 e. The van der Waals surface area contributed by atoms with E-state index < -0.39 is 9.28 Å². The molecule has 0 aromatic carbocycles. The molecule has 0 bridgehead atoms. The van der Waals surface area contributed by atoms with Crippen LogP contribution in [0.1, 0.15) is 27.7 Å². The van der Waals surface area contributed by atoms with Gasteiger partial charge in [0, 0.05) is 24.8 Å². The SMILES string of the molecule is C=C(C)C(=O)OC(C)C[SiH](OCC)OCC. The first-order chi connectivity index (χ1) is 7.51. The summed E-state index contributed by atoms with van der Waals surface area (Å²) in [6.45, 7) is 12.2. The van der Waals surface area contributed by atoms with Crippen molar-refractivity contribution in [3.8, 4) is 0 Å². The first-order valence-corrected chi connectivity index (χ1v) is 7.36. The summed E-state index contributed by atoms with van der Waals surface area (Å²) in [7, 11) is -1.69. The fourth-order valence-corrected chi connectivity index (χ4v) is 2.91. The fraction of sp³-hybridized carbons (Fsp3) is 0.727. The summed E-state index contributed by atoms with van der Waals surface area (Å²) < 4.78 is 16.2. The molecule has 0 aliphatic rings. The predicted molar refractivity (Wildman–Crippen MR) is 65.6 cm³/mol. The van der Waals surface area contributed by atoms with Gasteiger partial charge < -0.3 is 13.6 Å². The zero-order valence-electron chi connectivity index (χ0n) is 10.6. The highest BCUT2D eigenvalue weighted by Gasteiger charge is 2.19. The number of rotatable bonds is 8. The fourth-order valence-electron chi connectivity index (χ4n) is 1.16. The largest absolute Gasteiger partial charge is 0.459 e. The summed E-state index contributed by atoms with van der Waals surface area (Å²) in [4.78, 5) is 11.3. The molecular formula is C11H22O4Si. The molecule has 0 heterocycles. The summed E-state index contributed by atoms with van der Waals surface area (Å²) in [5.41, 5.74) is 0.415. The molecule has 4 nitrogen and oxygen atoms in total. The quantitative estimate of drug-likeness (QED) is 0.372. The Morgan fingerprint density at radius 3 is 2.19 bits per heavy atom. The van der Waals surface area contributed by atoms with E-state index in [1.54, 1.807) is 6.92 Å². The van der Waals surface area contributed by atoms with Crippen molar-refractivity contribution >= 4 is 15.3 Å². The molecule has 0 aromatic heterocycles. The van der Waals surface area contributed by atoms with Gasteiger partial charge in [0.25, 0.3) is 0 Å². The van der Waals surface area contributed by atoms with Crippen LogP contribution in [0.5, 0.6) is 0 Å². The van der Waals surface area contributed by atoms with E-state index in [1.165, 1.54) is 0 Å².